The number of carbonyl (C=O) groups excluding carboxylic acids is 2. The number of piperidine rings is 1. The molecule has 10 heteroatoms. The first kappa shape index (κ1) is 28.4. The summed E-state index contributed by atoms with van der Waals surface area (Å²) in [6, 6.07) is 1.34. The van der Waals surface area contributed by atoms with Crippen LogP contribution in [0.4, 0.5) is 5.82 Å². The molecule has 5 fully saturated rings. The zero-order valence-corrected chi connectivity index (χ0v) is 24.0. The van der Waals surface area contributed by atoms with Gasteiger partial charge in [-0.05, 0) is 87.6 Å². The summed E-state index contributed by atoms with van der Waals surface area (Å²) in [4.78, 5) is 32.0. The van der Waals surface area contributed by atoms with Gasteiger partial charge in [0.25, 0.3) is 5.91 Å². The van der Waals surface area contributed by atoms with Crippen molar-refractivity contribution in [3.63, 3.8) is 0 Å². The van der Waals surface area contributed by atoms with Crippen LogP contribution in [0.5, 0.6) is 5.88 Å². The van der Waals surface area contributed by atoms with Crippen molar-refractivity contribution < 1.29 is 23.8 Å². The summed E-state index contributed by atoms with van der Waals surface area (Å²) in [6.07, 6.45) is 10.7. The molecule has 0 radical (unpaired) electrons. The third-order valence-electron chi connectivity index (χ3n) is 9.43. The number of nitrogens with zero attached hydrogens (tertiary/aromatic N) is 2. The van der Waals surface area contributed by atoms with Crippen LogP contribution in [-0.2, 0) is 14.3 Å². The molecule has 1 aromatic rings. The number of pyridine rings is 1. The Morgan fingerprint density at radius 1 is 1.10 bits per heavy atom. The van der Waals surface area contributed by atoms with Gasteiger partial charge in [-0.1, -0.05) is 18.0 Å². The number of methoxy groups -OCH3 is 2. The Hall–Kier alpha value is -2.10. The van der Waals surface area contributed by atoms with E-state index in [0.717, 1.165) is 57.2 Å². The molecular weight excluding hydrogens is 520 g/mol. The van der Waals surface area contributed by atoms with Crippen LogP contribution in [0, 0.1) is 23.7 Å². The summed E-state index contributed by atoms with van der Waals surface area (Å²) in [6.45, 7) is 2.53. The van der Waals surface area contributed by atoms with Gasteiger partial charge in [-0.25, -0.2) is 0 Å². The smallest absolute Gasteiger partial charge is 0.306 e. The molecule has 1 aromatic heterocycles. The number of nitrogens with one attached hydrogen (secondary N) is 1. The number of likely N-dealkylation sites (tertiary alicyclic amines) is 1. The molecule has 5 aliphatic rings. The summed E-state index contributed by atoms with van der Waals surface area (Å²) >= 11 is 6.08. The number of amides is 1. The number of hydrogen-bond acceptors (Lipinski definition) is 8. The maximum absolute atomic E-state index is 13.0. The number of halogens is 1. The quantitative estimate of drug-likeness (QED) is 0.306. The van der Waals surface area contributed by atoms with Gasteiger partial charge < -0.3 is 30.2 Å². The van der Waals surface area contributed by atoms with Crippen molar-refractivity contribution in [3.05, 3.63) is 16.7 Å². The van der Waals surface area contributed by atoms with Crippen molar-refractivity contribution in [2.24, 2.45) is 23.7 Å². The van der Waals surface area contributed by atoms with Gasteiger partial charge in [-0.2, -0.15) is 4.98 Å². The Balaban J connectivity index is 1.00. The highest BCUT2D eigenvalue weighted by Gasteiger charge is 2.49. The summed E-state index contributed by atoms with van der Waals surface area (Å²) in [5.41, 5.74) is 5.99. The third kappa shape index (κ3) is 6.63. The minimum absolute atomic E-state index is 0.00213. The van der Waals surface area contributed by atoms with Crippen LogP contribution in [0.3, 0.4) is 0 Å². The maximum atomic E-state index is 13.0. The molecule has 4 saturated carbocycles. The molecule has 2 heterocycles. The summed E-state index contributed by atoms with van der Waals surface area (Å²) < 4.78 is 17.0. The molecule has 4 bridgehead atoms. The molecule has 4 aliphatic carbocycles. The second kappa shape index (κ2) is 12.6. The minimum atomic E-state index is -0.317. The molecule has 0 spiro atoms. The molecule has 0 aromatic carbocycles. The highest BCUT2D eigenvalue weighted by atomic mass is 35.5. The van der Waals surface area contributed by atoms with Gasteiger partial charge in [0.2, 0.25) is 5.88 Å². The topological polar surface area (TPSA) is 116 Å². The summed E-state index contributed by atoms with van der Waals surface area (Å²) in [5.74, 6) is 2.97. The monoisotopic (exact) mass is 562 g/mol. The van der Waals surface area contributed by atoms with E-state index in [-0.39, 0.29) is 52.4 Å². The number of rotatable bonds is 11. The molecule has 3 N–H and O–H groups in total. The average Bonchev–Trinajstić information content (AvgIpc) is 2.92. The fraction of sp³-hybridized carbons (Fsp3) is 0.759. The van der Waals surface area contributed by atoms with E-state index < -0.39 is 0 Å². The van der Waals surface area contributed by atoms with E-state index in [9.17, 15) is 9.59 Å². The number of aromatic nitrogens is 1. The fourth-order valence-electron chi connectivity index (χ4n) is 7.70. The van der Waals surface area contributed by atoms with Crippen LogP contribution < -0.4 is 15.8 Å². The first-order valence-corrected chi connectivity index (χ1v) is 15.0. The molecule has 1 aliphatic heterocycles. The van der Waals surface area contributed by atoms with Crippen molar-refractivity contribution in [2.45, 2.75) is 82.5 Å². The fourth-order valence-corrected chi connectivity index (χ4v) is 7.85. The van der Waals surface area contributed by atoms with Gasteiger partial charge in [0, 0.05) is 26.6 Å². The van der Waals surface area contributed by atoms with Gasteiger partial charge in [0.1, 0.15) is 17.5 Å². The number of unbranched alkanes of at least 4 members (excludes halogenated alkanes) is 2. The van der Waals surface area contributed by atoms with E-state index in [1.54, 1.807) is 7.11 Å². The highest BCUT2D eigenvalue weighted by molar-refractivity contribution is 6.33. The standard InChI is InChI=1S/C29H43ClN4O5/c1-37-24-16-34(9-7-23(24)32-28(36)21-15-22(30)27(31)33-29(21)38-2)8-5-3-4-6-25(35)39-26-19-11-17-10-18(13-19)14-20(26)12-17/h15,17-20,23-24,26H,3-14,16H2,1-2H3,(H2,31,33)(H,32,36)/t17?,18?,19?,20?,23-,24+,26?/m1/s1. The molecule has 1 saturated heterocycles. The largest absolute Gasteiger partial charge is 0.480 e. The lowest BCUT2D eigenvalue weighted by Crippen LogP contribution is -2.54. The number of esters is 1. The van der Waals surface area contributed by atoms with Crippen LogP contribution in [0.25, 0.3) is 0 Å². The maximum Gasteiger partial charge on any atom is 0.306 e. The molecule has 0 unspecified atom stereocenters. The number of anilines is 1. The van der Waals surface area contributed by atoms with E-state index in [1.807, 2.05) is 0 Å². The third-order valence-corrected chi connectivity index (χ3v) is 9.73. The Labute approximate surface area is 236 Å². The van der Waals surface area contributed by atoms with Crippen molar-refractivity contribution in [2.75, 3.05) is 39.6 Å². The Bertz CT molecular complexity index is 1010. The van der Waals surface area contributed by atoms with Gasteiger partial charge in [-0.15, -0.1) is 0 Å². The summed E-state index contributed by atoms with van der Waals surface area (Å²) in [7, 11) is 3.11. The zero-order chi connectivity index (χ0) is 27.5. The van der Waals surface area contributed by atoms with Gasteiger partial charge >= 0.3 is 5.97 Å². The molecule has 2 atom stereocenters. The molecule has 6 rings (SSSR count). The first-order valence-electron chi connectivity index (χ1n) is 14.6. The predicted octanol–water partition coefficient (Wildman–Crippen LogP) is 4.07. The van der Waals surface area contributed by atoms with E-state index >= 15 is 0 Å². The second-order valence-electron chi connectivity index (χ2n) is 12.1. The van der Waals surface area contributed by atoms with Crippen molar-refractivity contribution in [3.8, 4) is 5.88 Å². The lowest BCUT2D eigenvalue weighted by molar-refractivity contribution is -0.170. The van der Waals surface area contributed by atoms with E-state index in [2.05, 4.69) is 15.2 Å². The Morgan fingerprint density at radius 2 is 1.82 bits per heavy atom. The SMILES string of the molecule is COc1nc(N)c(Cl)cc1C(=O)N[C@@H]1CCN(CCCCCC(=O)OC2C3CC4CC(C3)CC2C4)C[C@@H]1OC. The van der Waals surface area contributed by atoms with Gasteiger partial charge in [0.15, 0.2) is 0 Å². The molecule has 9 nitrogen and oxygen atoms in total. The number of nitrogens with two attached hydrogens (primary N) is 1. The lowest BCUT2D eigenvalue weighted by atomic mass is 9.55. The Kier molecular flexibility index (Phi) is 9.19. The predicted molar refractivity (Wildman–Crippen MR) is 149 cm³/mol. The summed E-state index contributed by atoms with van der Waals surface area (Å²) in [5, 5.41) is 3.27. The minimum Gasteiger partial charge on any atom is -0.480 e. The second-order valence-corrected chi connectivity index (χ2v) is 12.5. The van der Waals surface area contributed by atoms with Crippen LogP contribution in [0.1, 0.15) is 74.6 Å². The van der Waals surface area contributed by atoms with Crippen molar-refractivity contribution in [1.82, 2.24) is 15.2 Å². The van der Waals surface area contributed by atoms with E-state index in [4.69, 9.17) is 31.5 Å². The van der Waals surface area contributed by atoms with Crippen molar-refractivity contribution >= 4 is 29.3 Å². The van der Waals surface area contributed by atoms with Crippen LogP contribution >= 0.6 is 11.6 Å². The number of hydrogen-bond donors (Lipinski definition) is 2. The van der Waals surface area contributed by atoms with Crippen molar-refractivity contribution in [1.29, 1.82) is 0 Å². The lowest BCUT2D eigenvalue weighted by Gasteiger charge is -2.53. The number of carbonyl (C=O) groups is 2. The van der Waals surface area contributed by atoms with Crippen LogP contribution in [-0.4, -0.2) is 73.9 Å². The molecule has 216 valence electrons. The molecular formula is C29H43ClN4O5. The van der Waals surface area contributed by atoms with E-state index in [0.29, 0.717) is 18.3 Å². The molecule has 39 heavy (non-hydrogen) atoms. The van der Waals surface area contributed by atoms with E-state index in [1.165, 1.54) is 45.3 Å². The normalized spacial score (nSPS) is 31.7. The van der Waals surface area contributed by atoms with Gasteiger partial charge in [-0.3, -0.25) is 9.59 Å². The van der Waals surface area contributed by atoms with Crippen LogP contribution in [0.15, 0.2) is 6.07 Å². The van der Waals surface area contributed by atoms with Crippen LogP contribution in [0.2, 0.25) is 5.02 Å². The number of nitrogen functional groups attached to an aromatic ring is 1. The van der Waals surface area contributed by atoms with Gasteiger partial charge in [0.05, 0.1) is 24.3 Å². The zero-order valence-electron chi connectivity index (χ0n) is 23.2. The first-order chi connectivity index (χ1) is 18.8. The Morgan fingerprint density at radius 3 is 2.49 bits per heavy atom. The average molecular weight is 563 g/mol. The highest BCUT2D eigenvalue weighted by Crippen LogP contribution is 2.54. The number of ether oxygens (including phenoxy) is 3. The molecule has 1 amide bonds.